The number of nitrogens with two attached hydrogens (primary N) is 1. The number of carbonyl (C=O) groups excluding carboxylic acids is 1. The minimum atomic E-state index is -3.10. The number of hydrogen-bond acceptors (Lipinski definition) is 5. The molecule has 1 fully saturated rings. The average molecular weight is 310 g/mol. The van der Waals surface area contributed by atoms with Gasteiger partial charge >= 0.3 is 0 Å². The highest BCUT2D eigenvalue weighted by atomic mass is 32.2. The fourth-order valence-corrected chi connectivity index (χ4v) is 4.12. The van der Waals surface area contributed by atoms with Crippen LogP contribution in [0, 0.1) is 12.3 Å². The van der Waals surface area contributed by atoms with Gasteiger partial charge in [-0.1, -0.05) is 5.92 Å². The Hall–Kier alpha value is -2.01. The maximum Gasteiger partial charge on any atom is 0.277 e. The molecule has 1 atom stereocenters. The minimum absolute atomic E-state index is 0.0391. The standard InChI is InChI=1S/C13H18N4O3S/c1-3-6-17(10-5-7-21(19,20)9-10)13(18)12-11(14)8-16(4-2)15-12/h1,8,10H,4-7,9,14H2,2H3. The monoisotopic (exact) mass is 310 g/mol. The van der Waals surface area contributed by atoms with Crippen LogP contribution in [0.4, 0.5) is 5.69 Å². The fraction of sp³-hybridized carbons (Fsp3) is 0.538. The van der Waals surface area contributed by atoms with Crippen LogP contribution in [0.15, 0.2) is 6.20 Å². The first kappa shape index (κ1) is 15.4. The molecule has 0 bridgehead atoms. The molecule has 0 aromatic carbocycles. The molecule has 7 nitrogen and oxygen atoms in total. The van der Waals surface area contributed by atoms with Crippen molar-refractivity contribution in [2.24, 2.45) is 0 Å². The van der Waals surface area contributed by atoms with Crippen molar-refractivity contribution in [2.75, 3.05) is 23.8 Å². The van der Waals surface area contributed by atoms with Crippen molar-refractivity contribution < 1.29 is 13.2 Å². The SMILES string of the molecule is C#CCN(C(=O)c1nn(CC)cc1N)C1CCS(=O)(=O)C1. The van der Waals surface area contributed by atoms with Gasteiger partial charge < -0.3 is 10.6 Å². The van der Waals surface area contributed by atoms with Crippen LogP contribution in [0.5, 0.6) is 0 Å². The fourth-order valence-electron chi connectivity index (χ4n) is 2.39. The summed E-state index contributed by atoms with van der Waals surface area (Å²) in [5, 5.41) is 4.12. The summed E-state index contributed by atoms with van der Waals surface area (Å²) in [6.45, 7) is 2.51. The zero-order chi connectivity index (χ0) is 15.6. The molecule has 1 unspecified atom stereocenters. The molecule has 8 heteroatoms. The lowest BCUT2D eigenvalue weighted by molar-refractivity contribution is 0.0718. The van der Waals surface area contributed by atoms with Gasteiger partial charge in [-0.15, -0.1) is 6.42 Å². The molecule has 1 aliphatic heterocycles. The van der Waals surface area contributed by atoms with Gasteiger partial charge in [0.05, 0.1) is 23.7 Å². The summed E-state index contributed by atoms with van der Waals surface area (Å²) >= 11 is 0. The highest BCUT2D eigenvalue weighted by Gasteiger charge is 2.35. The molecule has 0 spiro atoms. The van der Waals surface area contributed by atoms with Crippen molar-refractivity contribution in [2.45, 2.75) is 25.9 Å². The lowest BCUT2D eigenvalue weighted by atomic mass is 10.2. The van der Waals surface area contributed by atoms with E-state index in [0.717, 1.165) is 0 Å². The van der Waals surface area contributed by atoms with Crippen LogP contribution in [0.2, 0.25) is 0 Å². The summed E-state index contributed by atoms with van der Waals surface area (Å²) in [7, 11) is -3.10. The Balaban J connectivity index is 2.28. The molecular formula is C13H18N4O3S. The molecule has 1 amide bonds. The third-order valence-corrected chi connectivity index (χ3v) is 5.24. The molecular weight excluding hydrogens is 292 g/mol. The van der Waals surface area contributed by atoms with Gasteiger partial charge in [-0.2, -0.15) is 5.10 Å². The Kier molecular flexibility index (Phi) is 4.23. The molecule has 1 aromatic rings. The van der Waals surface area contributed by atoms with Gasteiger partial charge in [0.1, 0.15) is 0 Å². The Labute approximate surface area is 124 Å². The molecule has 21 heavy (non-hydrogen) atoms. The van der Waals surface area contributed by atoms with Crippen molar-refractivity contribution >= 4 is 21.4 Å². The first-order valence-corrected chi connectivity index (χ1v) is 8.48. The van der Waals surface area contributed by atoms with E-state index < -0.39 is 21.8 Å². The summed E-state index contributed by atoms with van der Waals surface area (Å²) in [5.41, 5.74) is 6.19. The van der Waals surface area contributed by atoms with Gasteiger partial charge in [-0.25, -0.2) is 8.42 Å². The number of sulfone groups is 1. The van der Waals surface area contributed by atoms with Crippen LogP contribution in [0.1, 0.15) is 23.8 Å². The molecule has 1 saturated heterocycles. The number of aromatic nitrogens is 2. The van der Waals surface area contributed by atoms with Crippen LogP contribution in [-0.4, -0.2) is 53.1 Å². The number of rotatable bonds is 4. The predicted octanol–water partition coefficient (Wildman–Crippen LogP) is -0.252. The van der Waals surface area contributed by atoms with E-state index in [1.807, 2.05) is 6.92 Å². The number of nitrogen functional groups attached to an aromatic ring is 1. The second-order valence-corrected chi connectivity index (χ2v) is 7.21. The normalized spacial score (nSPS) is 20.1. The zero-order valence-electron chi connectivity index (χ0n) is 11.8. The van der Waals surface area contributed by atoms with Crippen molar-refractivity contribution in [1.82, 2.24) is 14.7 Å². The van der Waals surface area contributed by atoms with E-state index in [4.69, 9.17) is 12.2 Å². The van der Waals surface area contributed by atoms with Crippen molar-refractivity contribution in [1.29, 1.82) is 0 Å². The van der Waals surface area contributed by atoms with Crippen LogP contribution in [0.3, 0.4) is 0 Å². The first-order chi connectivity index (χ1) is 9.88. The molecule has 0 aliphatic carbocycles. The minimum Gasteiger partial charge on any atom is -0.396 e. The molecule has 2 rings (SSSR count). The number of hydrogen-bond donors (Lipinski definition) is 1. The van der Waals surface area contributed by atoms with Gasteiger partial charge in [0, 0.05) is 18.8 Å². The number of carbonyl (C=O) groups is 1. The third kappa shape index (κ3) is 3.19. The largest absolute Gasteiger partial charge is 0.396 e. The first-order valence-electron chi connectivity index (χ1n) is 6.65. The van der Waals surface area contributed by atoms with Gasteiger partial charge in [0.25, 0.3) is 5.91 Å². The lowest BCUT2D eigenvalue weighted by Gasteiger charge is -2.25. The number of aryl methyl sites for hydroxylation is 1. The van der Waals surface area contributed by atoms with Crippen molar-refractivity contribution in [3.8, 4) is 12.3 Å². The molecule has 2 N–H and O–H groups in total. The predicted molar refractivity (Wildman–Crippen MR) is 79.2 cm³/mol. The number of nitrogens with zero attached hydrogens (tertiary/aromatic N) is 3. The summed E-state index contributed by atoms with van der Waals surface area (Å²) in [5.74, 6) is 1.99. The maximum absolute atomic E-state index is 12.6. The number of terminal acetylenes is 1. The second kappa shape index (κ2) is 5.77. The molecule has 2 heterocycles. The number of amides is 1. The summed E-state index contributed by atoms with van der Waals surface area (Å²) < 4.78 is 24.7. The Morgan fingerprint density at radius 3 is 2.86 bits per heavy atom. The van der Waals surface area contributed by atoms with E-state index in [2.05, 4.69) is 11.0 Å². The van der Waals surface area contributed by atoms with E-state index in [1.165, 1.54) is 4.90 Å². The summed E-state index contributed by atoms with van der Waals surface area (Å²) in [6, 6.07) is -0.412. The summed E-state index contributed by atoms with van der Waals surface area (Å²) in [6.07, 6.45) is 7.27. The lowest BCUT2D eigenvalue weighted by Crippen LogP contribution is -2.41. The highest BCUT2D eigenvalue weighted by molar-refractivity contribution is 7.91. The van der Waals surface area contributed by atoms with Crippen molar-refractivity contribution in [3.05, 3.63) is 11.9 Å². The Morgan fingerprint density at radius 1 is 1.67 bits per heavy atom. The van der Waals surface area contributed by atoms with Gasteiger partial charge in [0.2, 0.25) is 0 Å². The molecule has 1 aliphatic rings. The van der Waals surface area contributed by atoms with Crippen LogP contribution < -0.4 is 5.73 Å². The van der Waals surface area contributed by atoms with Crippen molar-refractivity contribution in [3.63, 3.8) is 0 Å². The average Bonchev–Trinajstić information content (AvgIpc) is 2.98. The van der Waals surface area contributed by atoms with Gasteiger partial charge in [0.15, 0.2) is 15.5 Å². The summed E-state index contributed by atoms with van der Waals surface area (Å²) in [4.78, 5) is 13.9. The van der Waals surface area contributed by atoms with E-state index in [9.17, 15) is 13.2 Å². The second-order valence-electron chi connectivity index (χ2n) is 4.98. The number of anilines is 1. The van der Waals surface area contributed by atoms with E-state index in [0.29, 0.717) is 13.0 Å². The maximum atomic E-state index is 12.6. The molecule has 1 aromatic heterocycles. The molecule has 114 valence electrons. The molecule has 0 radical (unpaired) electrons. The Bertz CT molecular complexity index is 687. The quantitative estimate of drug-likeness (QED) is 0.773. The van der Waals surface area contributed by atoms with Gasteiger partial charge in [-0.3, -0.25) is 9.48 Å². The Morgan fingerprint density at radius 2 is 2.38 bits per heavy atom. The highest BCUT2D eigenvalue weighted by Crippen LogP contribution is 2.21. The van der Waals surface area contributed by atoms with Gasteiger partial charge in [-0.05, 0) is 13.3 Å². The third-order valence-electron chi connectivity index (χ3n) is 3.49. The van der Waals surface area contributed by atoms with E-state index in [1.54, 1.807) is 10.9 Å². The zero-order valence-corrected chi connectivity index (χ0v) is 12.6. The van der Waals surface area contributed by atoms with Crippen LogP contribution in [0.25, 0.3) is 0 Å². The van der Waals surface area contributed by atoms with Crippen LogP contribution >= 0.6 is 0 Å². The topological polar surface area (TPSA) is 98.3 Å². The van der Waals surface area contributed by atoms with E-state index >= 15 is 0 Å². The molecule has 0 saturated carbocycles. The van der Waals surface area contributed by atoms with E-state index in [-0.39, 0.29) is 29.4 Å². The van der Waals surface area contributed by atoms with Crippen LogP contribution in [-0.2, 0) is 16.4 Å². The smallest absolute Gasteiger partial charge is 0.277 e.